The number of hydrogen-bond acceptors (Lipinski definition) is 4. The number of ether oxygens (including phenoxy) is 2. The van der Waals surface area contributed by atoms with Crippen molar-refractivity contribution in [2.75, 3.05) is 20.3 Å². The number of carbonyl (C=O) groups is 1. The standard InChI is InChI=1S/C12H16O4/c1-9(14)10-4-5-11(12(8-10)15-2)16-7-3-6-13/h4-5,8,13H,3,6-7H2,1-2H3. The fraction of sp³-hybridized carbons (Fsp3) is 0.417. The fourth-order valence-corrected chi connectivity index (χ4v) is 1.25. The molecule has 16 heavy (non-hydrogen) atoms. The molecule has 0 heterocycles. The molecule has 1 rings (SSSR count). The van der Waals surface area contributed by atoms with Crippen molar-refractivity contribution in [2.45, 2.75) is 13.3 Å². The number of methoxy groups -OCH3 is 1. The van der Waals surface area contributed by atoms with Crippen LogP contribution in [0, 0.1) is 0 Å². The van der Waals surface area contributed by atoms with Gasteiger partial charge in [-0.2, -0.15) is 0 Å². The second kappa shape index (κ2) is 6.12. The number of hydrogen-bond donors (Lipinski definition) is 1. The van der Waals surface area contributed by atoms with E-state index < -0.39 is 0 Å². The molecule has 0 bridgehead atoms. The van der Waals surface area contributed by atoms with Crippen LogP contribution in [0.3, 0.4) is 0 Å². The number of rotatable bonds is 6. The number of carbonyl (C=O) groups excluding carboxylic acids is 1. The quantitative estimate of drug-likeness (QED) is 0.589. The average molecular weight is 224 g/mol. The predicted octanol–water partition coefficient (Wildman–Crippen LogP) is 1.66. The highest BCUT2D eigenvalue weighted by Crippen LogP contribution is 2.28. The summed E-state index contributed by atoms with van der Waals surface area (Å²) in [5.41, 5.74) is 0.589. The maximum absolute atomic E-state index is 11.2. The van der Waals surface area contributed by atoms with Gasteiger partial charge in [0.05, 0.1) is 13.7 Å². The van der Waals surface area contributed by atoms with Gasteiger partial charge >= 0.3 is 0 Å². The van der Waals surface area contributed by atoms with Crippen molar-refractivity contribution >= 4 is 5.78 Å². The summed E-state index contributed by atoms with van der Waals surface area (Å²) < 4.78 is 10.5. The number of ketones is 1. The molecule has 0 aliphatic rings. The van der Waals surface area contributed by atoms with Crippen LogP contribution in [-0.2, 0) is 0 Å². The zero-order chi connectivity index (χ0) is 12.0. The third-order valence-corrected chi connectivity index (χ3v) is 2.13. The molecule has 0 aliphatic carbocycles. The lowest BCUT2D eigenvalue weighted by Gasteiger charge is -2.10. The van der Waals surface area contributed by atoms with Crippen molar-refractivity contribution in [2.24, 2.45) is 0 Å². The van der Waals surface area contributed by atoms with Gasteiger partial charge in [0.25, 0.3) is 0 Å². The molecule has 0 aliphatic heterocycles. The lowest BCUT2D eigenvalue weighted by atomic mass is 10.1. The van der Waals surface area contributed by atoms with Crippen LogP contribution < -0.4 is 9.47 Å². The lowest BCUT2D eigenvalue weighted by molar-refractivity contribution is 0.101. The zero-order valence-electron chi connectivity index (χ0n) is 9.53. The molecule has 1 N–H and O–H groups in total. The molecular weight excluding hydrogens is 208 g/mol. The monoisotopic (exact) mass is 224 g/mol. The van der Waals surface area contributed by atoms with Crippen LogP contribution in [0.1, 0.15) is 23.7 Å². The number of aliphatic hydroxyl groups excluding tert-OH is 1. The Morgan fingerprint density at radius 1 is 1.38 bits per heavy atom. The van der Waals surface area contributed by atoms with Gasteiger partial charge in [-0.3, -0.25) is 4.79 Å². The van der Waals surface area contributed by atoms with E-state index >= 15 is 0 Å². The van der Waals surface area contributed by atoms with Gasteiger partial charge in [0.15, 0.2) is 17.3 Å². The molecule has 4 nitrogen and oxygen atoms in total. The molecule has 4 heteroatoms. The molecular formula is C12H16O4. The Morgan fingerprint density at radius 2 is 2.12 bits per heavy atom. The SMILES string of the molecule is COc1cc(C(C)=O)ccc1OCCCO. The maximum Gasteiger partial charge on any atom is 0.161 e. The largest absolute Gasteiger partial charge is 0.493 e. The van der Waals surface area contributed by atoms with Crippen molar-refractivity contribution in [1.29, 1.82) is 0 Å². The molecule has 0 saturated carbocycles. The van der Waals surface area contributed by atoms with Gasteiger partial charge in [-0.15, -0.1) is 0 Å². The van der Waals surface area contributed by atoms with Crippen LogP contribution in [0.5, 0.6) is 11.5 Å². The van der Waals surface area contributed by atoms with Gasteiger partial charge in [-0.05, 0) is 25.1 Å². The number of benzene rings is 1. The first-order valence-corrected chi connectivity index (χ1v) is 5.11. The highest BCUT2D eigenvalue weighted by atomic mass is 16.5. The summed E-state index contributed by atoms with van der Waals surface area (Å²) in [5, 5.41) is 8.63. The van der Waals surface area contributed by atoms with E-state index in [1.165, 1.54) is 14.0 Å². The molecule has 1 aromatic rings. The third kappa shape index (κ3) is 3.24. The Labute approximate surface area is 94.8 Å². The first kappa shape index (κ1) is 12.5. The van der Waals surface area contributed by atoms with Crippen LogP contribution >= 0.6 is 0 Å². The van der Waals surface area contributed by atoms with E-state index in [0.29, 0.717) is 30.1 Å². The maximum atomic E-state index is 11.2. The van der Waals surface area contributed by atoms with Crippen molar-refractivity contribution < 1.29 is 19.4 Å². The molecule has 1 aromatic carbocycles. The van der Waals surface area contributed by atoms with Crippen molar-refractivity contribution in [3.63, 3.8) is 0 Å². The molecule has 0 saturated heterocycles. The van der Waals surface area contributed by atoms with E-state index in [-0.39, 0.29) is 12.4 Å². The van der Waals surface area contributed by atoms with Gasteiger partial charge in [-0.1, -0.05) is 0 Å². The van der Waals surface area contributed by atoms with Crippen LogP contribution in [0.4, 0.5) is 0 Å². The summed E-state index contributed by atoms with van der Waals surface area (Å²) in [6.07, 6.45) is 0.567. The summed E-state index contributed by atoms with van der Waals surface area (Å²) in [7, 11) is 1.53. The summed E-state index contributed by atoms with van der Waals surface area (Å²) in [4.78, 5) is 11.2. The van der Waals surface area contributed by atoms with E-state index in [1.807, 2.05) is 0 Å². The highest BCUT2D eigenvalue weighted by Gasteiger charge is 2.07. The van der Waals surface area contributed by atoms with Crippen LogP contribution in [0.25, 0.3) is 0 Å². The molecule has 0 unspecified atom stereocenters. The summed E-state index contributed by atoms with van der Waals surface area (Å²) >= 11 is 0. The Balaban J connectivity index is 2.80. The summed E-state index contributed by atoms with van der Waals surface area (Å²) in [6.45, 7) is 2.02. The van der Waals surface area contributed by atoms with Crippen LogP contribution in [0.15, 0.2) is 18.2 Å². The molecule has 0 radical (unpaired) electrons. The first-order valence-electron chi connectivity index (χ1n) is 5.11. The van der Waals surface area contributed by atoms with Crippen molar-refractivity contribution in [3.05, 3.63) is 23.8 Å². The minimum atomic E-state index is -0.0137. The molecule has 0 spiro atoms. The minimum Gasteiger partial charge on any atom is -0.493 e. The molecule has 0 amide bonds. The molecule has 0 atom stereocenters. The molecule has 0 aromatic heterocycles. The third-order valence-electron chi connectivity index (χ3n) is 2.13. The topological polar surface area (TPSA) is 55.8 Å². The minimum absolute atomic E-state index is 0.0137. The lowest BCUT2D eigenvalue weighted by Crippen LogP contribution is -2.02. The van der Waals surface area contributed by atoms with Gasteiger partial charge in [0, 0.05) is 18.6 Å². The average Bonchev–Trinajstić information content (AvgIpc) is 2.29. The van der Waals surface area contributed by atoms with Crippen molar-refractivity contribution in [3.8, 4) is 11.5 Å². The summed E-state index contributed by atoms with van der Waals surface area (Å²) in [5.74, 6) is 1.10. The fourth-order valence-electron chi connectivity index (χ4n) is 1.25. The molecule has 88 valence electrons. The van der Waals surface area contributed by atoms with Gasteiger partial charge in [0.2, 0.25) is 0 Å². The van der Waals surface area contributed by atoms with E-state index in [1.54, 1.807) is 18.2 Å². The van der Waals surface area contributed by atoms with Gasteiger partial charge in [-0.25, -0.2) is 0 Å². The first-order chi connectivity index (χ1) is 7.69. The Hall–Kier alpha value is -1.55. The van der Waals surface area contributed by atoms with Crippen molar-refractivity contribution in [1.82, 2.24) is 0 Å². The van der Waals surface area contributed by atoms with E-state index in [0.717, 1.165) is 0 Å². The van der Waals surface area contributed by atoms with E-state index in [4.69, 9.17) is 14.6 Å². The molecule has 0 fully saturated rings. The van der Waals surface area contributed by atoms with Gasteiger partial charge in [0.1, 0.15) is 0 Å². The van der Waals surface area contributed by atoms with Gasteiger partial charge < -0.3 is 14.6 Å². The predicted molar refractivity (Wildman–Crippen MR) is 60.2 cm³/mol. The zero-order valence-corrected chi connectivity index (χ0v) is 9.53. The van der Waals surface area contributed by atoms with Crippen LogP contribution in [-0.4, -0.2) is 31.2 Å². The smallest absolute Gasteiger partial charge is 0.161 e. The second-order valence-electron chi connectivity index (χ2n) is 3.35. The number of Topliss-reactive ketones (excluding diaryl/α,β-unsaturated/α-hetero) is 1. The van der Waals surface area contributed by atoms with E-state index in [2.05, 4.69) is 0 Å². The van der Waals surface area contributed by atoms with Crippen LogP contribution in [0.2, 0.25) is 0 Å². The Kier molecular flexibility index (Phi) is 4.79. The number of aliphatic hydroxyl groups is 1. The highest BCUT2D eigenvalue weighted by molar-refractivity contribution is 5.94. The Bertz CT molecular complexity index is 360. The Morgan fingerprint density at radius 3 is 2.69 bits per heavy atom. The second-order valence-corrected chi connectivity index (χ2v) is 3.35. The summed E-state index contributed by atoms with van der Waals surface area (Å²) in [6, 6.07) is 5.04. The normalized spacial score (nSPS) is 9.94. The van der Waals surface area contributed by atoms with E-state index in [9.17, 15) is 4.79 Å².